The standard InChI is InChI=1S/C15H29NO2S/c1-5-16-12-6-8-15(3,4)10-14(12)19(17)13-7-9-18-11(13)2/h11-14,16H,5-10H2,1-4H3. The molecule has 4 heteroatoms. The van der Waals surface area contributed by atoms with Gasteiger partial charge in [0.1, 0.15) is 0 Å². The van der Waals surface area contributed by atoms with E-state index in [2.05, 4.69) is 33.0 Å². The first-order valence-electron chi connectivity index (χ1n) is 7.69. The second kappa shape index (κ2) is 6.23. The fourth-order valence-electron chi connectivity index (χ4n) is 3.50. The number of rotatable bonds is 4. The van der Waals surface area contributed by atoms with Crippen molar-refractivity contribution in [3.05, 3.63) is 0 Å². The van der Waals surface area contributed by atoms with Crippen LogP contribution < -0.4 is 5.32 Å². The smallest absolute Gasteiger partial charge is 0.0691 e. The lowest BCUT2D eigenvalue weighted by Crippen LogP contribution is -2.50. The predicted molar refractivity (Wildman–Crippen MR) is 80.8 cm³/mol. The molecule has 0 amide bonds. The van der Waals surface area contributed by atoms with Crippen LogP contribution in [0.4, 0.5) is 0 Å². The van der Waals surface area contributed by atoms with Crippen molar-refractivity contribution in [2.75, 3.05) is 13.2 Å². The van der Waals surface area contributed by atoms with Crippen LogP contribution in [0.3, 0.4) is 0 Å². The molecule has 2 aliphatic rings. The minimum Gasteiger partial charge on any atom is -0.377 e. The molecule has 1 N–H and O–H groups in total. The van der Waals surface area contributed by atoms with Gasteiger partial charge in [0.25, 0.3) is 0 Å². The molecule has 2 fully saturated rings. The van der Waals surface area contributed by atoms with E-state index in [0.717, 1.165) is 32.4 Å². The van der Waals surface area contributed by atoms with Crippen LogP contribution in [0.5, 0.6) is 0 Å². The molecule has 112 valence electrons. The van der Waals surface area contributed by atoms with E-state index in [1.165, 1.54) is 6.42 Å². The maximum atomic E-state index is 13.0. The highest BCUT2D eigenvalue weighted by Crippen LogP contribution is 2.39. The van der Waals surface area contributed by atoms with Gasteiger partial charge in [-0.1, -0.05) is 20.8 Å². The molecule has 0 spiro atoms. The number of nitrogens with one attached hydrogen (secondary N) is 1. The summed E-state index contributed by atoms with van der Waals surface area (Å²) in [4.78, 5) is 0. The van der Waals surface area contributed by atoms with E-state index in [1.807, 2.05) is 0 Å². The Balaban J connectivity index is 2.10. The number of hydrogen-bond donors (Lipinski definition) is 1. The third-order valence-corrected chi connectivity index (χ3v) is 7.01. The molecule has 0 bridgehead atoms. The Morgan fingerprint density at radius 3 is 2.63 bits per heavy atom. The van der Waals surface area contributed by atoms with Crippen LogP contribution in [0.25, 0.3) is 0 Å². The third kappa shape index (κ3) is 3.59. The maximum Gasteiger partial charge on any atom is 0.0691 e. The van der Waals surface area contributed by atoms with Gasteiger partial charge in [0.15, 0.2) is 0 Å². The molecule has 3 nitrogen and oxygen atoms in total. The van der Waals surface area contributed by atoms with Gasteiger partial charge in [0.2, 0.25) is 0 Å². The Bertz CT molecular complexity index is 332. The first-order valence-corrected chi connectivity index (χ1v) is 8.96. The summed E-state index contributed by atoms with van der Waals surface area (Å²) in [6, 6.07) is 0.423. The Morgan fingerprint density at radius 2 is 2.05 bits per heavy atom. The molecule has 1 saturated carbocycles. The lowest BCUT2D eigenvalue weighted by Gasteiger charge is -2.41. The van der Waals surface area contributed by atoms with E-state index in [9.17, 15) is 4.21 Å². The second-order valence-electron chi connectivity index (χ2n) is 6.84. The SMILES string of the molecule is CCNC1CCC(C)(C)CC1S(=O)C1CCOC1C. The molecule has 0 aromatic heterocycles. The van der Waals surface area contributed by atoms with E-state index in [4.69, 9.17) is 4.74 Å². The topological polar surface area (TPSA) is 38.3 Å². The molecule has 0 radical (unpaired) electrons. The Kier molecular flexibility index (Phi) is 5.07. The maximum absolute atomic E-state index is 13.0. The van der Waals surface area contributed by atoms with Gasteiger partial charge >= 0.3 is 0 Å². The van der Waals surface area contributed by atoms with Crippen molar-refractivity contribution in [3.8, 4) is 0 Å². The van der Waals surface area contributed by atoms with Crippen molar-refractivity contribution < 1.29 is 8.95 Å². The van der Waals surface area contributed by atoms with Crippen LogP contribution >= 0.6 is 0 Å². The zero-order valence-electron chi connectivity index (χ0n) is 12.8. The fraction of sp³-hybridized carbons (Fsp3) is 1.00. The van der Waals surface area contributed by atoms with E-state index in [-0.39, 0.29) is 16.6 Å². The van der Waals surface area contributed by atoms with Crippen molar-refractivity contribution >= 4 is 10.8 Å². The average molecular weight is 287 g/mol. The Morgan fingerprint density at radius 1 is 1.32 bits per heavy atom. The van der Waals surface area contributed by atoms with Crippen molar-refractivity contribution in [1.29, 1.82) is 0 Å². The largest absolute Gasteiger partial charge is 0.377 e. The lowest BCUT2D eigenvalue weighted by molar-refractivity contribution is 0.126. The predicted octanol–water partition coefficient (Wildman–Crippen LogP) is 2.47. The summed E-state index contributed by atoms with van der Waals surface area (Å²) >= 11 is 0. The van der Waals surface area contributed by atoms with Gasteiger partial charge in [0.05, 0.1) is 16.6 Å². The molecule has 5 atom stereocenters. The first kappa shape index (κ1) is 15.5. The summed E-state index contributed by atoms with van der Waals surface area (Å²) in [7, 11) is -0.778. The summed E-state index contributed by atoms with van der Waals surface area (Å²) in [5.74, 6) is 0. The van der Waals surface area contributed by atoms with Crippen LogP contribution in [0.15, 0.2) is 0 Å². The quantitative estimate of drug-likeness (QED) is 0.863. The molecule has 5 unspecified atom stereocenters. The van der Waals surface area contributed by atoms with Gasteiger partial charge in [-0.2, -0.15) is 0 Å². The summed E-state index contributed by atoms with van der Waals surface area (Å²) in [6.07, 6.45) is 4.58. The van der Waals surface area contributed by atoms with E-state index in [0.29, 0.717) is 11.5 Å². The lowest BCUT2D eigenvalue weighted by atomic mass is 9.75. The molecule has 1 aliphatic carbocycles. The third-order valence-electron chi connectivity index (χ3n) is 4.70. The summed E-state index contributed by atoms with van der Waals surface area (Å²) < 4.78 is 18.6. The van der Waals surface area contributed by atoms with Crippen molar-refractivity contribution in [1.82, 2.24) is 5.32 Å². The molecule has 0 aromatic rings. The van der Waals surface area contributed by atoms with E-state index in [1.54, 1.807) is 0 Å². The zero-order chi connectivity index (χ0) is 14.0. The van der Waals surface area contributed by atoms with Crippen LogP contribution in [-0.4, -0.2) is 40.0 Å². The van der Waals surface area contributed by atoms with Gasteiger partial charge in [-0.3, -0.25) is 4.21 Å². The average Bonchev–Trinajstić information content (AvgIpc) is 2.77. The number of hydrogen-bond acceptors (Lipinski definition) is 3. The van der Waals surface area contributed by atoms with Gasteiger partial charge in [-0.15, -0.1) is 0 Å². The molecule has 0 aromatic carbocycles. The molecular weight excluding hydrogens is 258 g/mol. The van der Waals surface area contributed by atoms with Crippen LogP contribution in [0, 0.1) is 5.41 Å². The molecule has 1 saturated heterocycles. The monoisotopic (exact) mass is 287 g/mol. The van der Waals surface area contributed by atoms with Gasteiger partial charge in [-0.05, 0) is 44.6 Å². The van der Waals surface area contributed by atoms with Crippen LogP contribution in [0.2, 0.25) is 0 Å². The summed E-state index contributed by atoms with van der Waals surface area (Å²) in [6.45, 7) is 10.6. The van der Waals surface area contributed by atoms with Crippen molar-refractivity contribution in [2.24, 2.45) is 5.41 Å². The molecule has 1 aliphatic heterocycles. The molecule has 19 heavy (non-hydrogen) atoms. The second-order valence-corrected chi connectivity index (χ2v) is 8.71. The Hall–Kier alpha value is 0.0700. The molecule has 1 heterocycles. The normalized spacial score (nSPS) is 40.2. The van der Waals surface area contributed by atoms with Gasteiger partial charge in [0, 0.05) is 23.4 Å². The number of ether oxygens (including phenoxy) is 1. The van der Waals surface area contributed by atoms with E-state index >= 15 is 0 Å². The van der Waals surface area contributed by atoms with E-state index < -0.39 is 10.8 Å². The van der Waals surface area contributed by atoms with Crippen LogP contribution in [0.1, 0.15) is 53.4 Å². The fourth-order valence-corrected chi connectivity index (χ4v) is 5.91. The van der Waals surface area contributed by atoms with Crippen LogP contribution in [-0.2, 0) is 15.5 Å². The van der Waals surface area contributed by atoms with Crippen molar-refractivity contribution in [2.45, 2.75) is 76.0 Å². The highest BCUT2D eigenvalue weighted by atomic mass is 32.2. The van der Waals surface area contributed by atoms with Crippen molar-refractivity contribution in [3.63, 3.8) is 0 Å². The molecule has 2 rings (SSSR count). The zero-order valence-corrected chi connectivity index (χ0v) is 13.6. The highest BCUT2D eigenvalue weighted by Gasteiger charge is 2.42. The van der Waals surface area contributed by atoms with Gasteiger partial charge < -0.3 is 10.1 Å². The molecular formula is C15H29NO2S. The minimum atomic E-state index is -0.778. The minimum absolute atomic E-state index is 0.160. The van der Waals surface area contributed by atoms with Gasteiger partial charge in [-0.25, -0.2) is 0 Å². The summed E-state index contributed by atoms with van der Waals surface area (Å²) in [5.41, 5.74) is 0.328. The highest BCUT2D eigenvalue weighted by molar-refractivity contribution is 7.86. The summed E-state index contributed by atoms with van der Waals surface area (Å²) in [5, 5.41) is 4.08. The Labute approximate surface area is 120 Å². The first-order chi connectivity index (χ1) is 8.94.